The highest BCUT2D eigenvalue weighted by molar-refractivity contribution is 9.10. The first-order valence-electron chi connectivity index (χ1n) is 22.4. The Bertz CT molecular complexity index is 2570. The number of piperazine rings is 2. The van der Waals surface area contributed by atoms with Gasteiger partial charge in [0.25, 0.3) is 23.6 Å². The molecule has 5 heterocycles. The number of hydrogen-bond acceptors (Lipinski definition) is 9. The molecule has 6 aromatic rings. The van der Waals surface area contributed by atoms with E-state index in [9.17, 15) is 32.3 Å². The molecule has 18 heteroatoms. The third-order valence-corrected chi connectivity index (χ3v) is 12.3. The van der Waals surface area contributed by atoms with Crippen molar-refractivity contribution < 1.29 is 32.3 Å². The molecule has 0 spiro atoms. The summed E-state index contributed by atoms with van der Waals surface area (Å²) >= 11 is 3.45. The number of carbonyl (C=O) groups is 4. The fourth-order valence-electron chi connectivity index (χ4n) is 7.71. The molecule has 3 aromatic heterocycles. The lowest BCUT2D eigenvalue weighted by Crippen LogP contribution is -2.49. The Morgan fingerprint density at radius 3 is 1.65 bits per heavy atom. The molecule has 2 aliphatic rings. The van der Waals surface area contributed by atoms with Gasteiger partial charge in [0.1, 0.15) is 11.6 Å². The van der Waals surface area contributed by atoms with Crippen molar-refractivity contribution in [3.8, 4) is 0 Å². The number of hydrogen-bond donors (Lipinski definition) is 2. The maximum atomic E-state index is 12.8. The molecular weight excluding hydrogens is 942 g/mol. The molecule has 0 aliphatic carbocycles. The van der Waals surface area contributed by atoms with Crippen molar-refractivity contribution in [2.45, 2.75) is 32.0 Å². The van der Waals surface area contributed by atoms with E-state index in [1.54, 1.807) is 48.0 Å². The number of carbonyl (C=O) groups excluding carboxylic acids is 4. The number of nitrogens with one attached hydrogen (secondary N) is 2. The zero-order valence-corrected chi connectivity index (χ0v) is 38.9. The Kier molecular flexibility index (Phi) is 16.9. The van der Waals surface area contributed by atoms with E-state index in [4.69, 9.17) is 0 Å². The van der Waals surface area contributed by atoms with Crippen molar-refractivity contribution in [2.24, 2.45) is 0 Å². The van der Waals surface area contributed by atoms with Gasteiger partial charge in [-0.05, 0) is 101 Å². The van der Waals surface area contributed by atoms with Crippen LogP contribution in [0.4, 0.5) is 24.8 Å². The van der Waals surface area contributed by atoms with Crippen molar-refractivity contribution in [2.75, 3.05) is 75.2 Å². The van der Waals surface area contributed by atoms with Crippen molar-refractivity contribution in [1.82, 2.24) is 40.0 Å². The molecule has 0 unspecified atom stereocenters. The summed E-state index contributed by atoms with van der Waals surface area (Å²) in [4.78, 5) is 70.7. The Morgan fingerprint density at radius 2 is 1.13 bits per heavy atom. The number of imidazole rings is 1. The Morgan fingerprint density at radius 1 is 0.603 bits per heavy atom. The fraction of sp³-hybridized carbons (Fsp3) is 0.300. The Labute approximate surface area is 401 Å². The van der Waals surface area contributed by atoms with E-state index in [0.29, 0.717) is 88.0 Å². The summed E-state index contributed by atoms with van der Waals surface area (Å²) in [6.07, 6.45) is 6.70. The summed E-state index contributed by atoms with van der Waals surface area (Å²) in [5.74, 6) is 0.959. The number of aryl methyl sites for hydroxylation is 2. The number of benzene rings is 3. The van der Waals surface area contributed by atoms with Crippen molar-refractivity contribution in [1.29, 1.82) is 0 Å². The van der Waals surface area contributed by atoms with Gasteiger partial charge in [0.2, 0.25) is 0 Å². The van der Waals surface area contributed by atoms with Crippen LogP contribution in [0.3, 0.4) is 0 Å². The van der Waals surface area contributed by atoms with Crippen LogP contribution in [-0.4, -0.2) is 118 Å². The second-order valence-corrected chi connectivity index (χ2v) is 17.0. The monoisotopic (exact) mass is 992 g/mol. The zero-order valence-electron chi connectivity index (χ0n) is 37.3. The van der Waals surface area contributed by atoms with E-state index < -0.39 is 11.7 Å². The lowest BCUT2D eigenvalue weighted by atomic mass is 10.1. The van der Waals surface area contributed by atoms with E-state index in [-0.39, 0.29) is 29.2 Å². The maximum absolute atomic E-state index is 12.8. The average molecular weight is 994 g/mol. The van der Waals surface area contributed by atoms with Crippen molar-refractivity contribution in [3.05, 3.63) is 172 Å². The molecule has 3 aromatic carbocycles. The molecule has 8 rings (SSSR count). The van der Waals surface area contributed by atoms with Crippen LogP contribution in [-0.2, 0) is 19.1 Å². The van der Waals surface area contributed by atoms with Gasteiger partial charge in [-0.2, -0.15) is 13.2 Å². The number of nitrogens with zero attached hydrogens (tertiary/aromatic N) is 8. The molecule has 68 heavy (non-hydrogen) atoms. The van der Waals surface area contributed by atoms with Gasteiger partial charge in [0.15, 0.2) is 0 Å². The number of pyridine rings is 2. The quantitative estimate of drug-likeness (QED) is 0.108. The second-order valence-electron chi connectivity index (χ2n) is 16.2. The number of anilines is 2. The van der Waals surface area contributed by atoms with Crippen LogP contribution in [0.1, 0.15) is 65.4 Å². The lowest BCUT2D eigenvalue weighted by Gasteiger charge is -2.35. The lowest BCUT2D eigenvalue weighted by molar-refractivity contribution is -0.137. The van der Waals surface area contributed by atoms with Gasteiger partial charge in [0.05, 0.1) is 28.6 Å². The first-order valence-corrected chi connectivity index (χ1v) is 23.2. The van der Waals surface area contributed by atoms with Crippen LogP contribution in [0, 0.1) is 0 Å². The summed E-state index contributed by atoms with van der Waals surface area (Å²) in [5.41, 5.74) is 2.39. The SMILES string of the molecule is O=C(NCCCc1ccccc1)c1ccc(N2CCN(C(=O)c3ccc(C(F)(F)F)cc3)CC2)nc1.O=C(NCCCn1ccnc1)c1ccc(N2CCN(C(=O)c3ccccc3Br)CC2)nc1. The minimum absolute atomic E-state index is 0.0325. The van der Waals surface area contributed by atoms with Gasteiger partial charge in [-0.15, -0.1) is 0 Å². The normalized spacial score (nSPS) is 13.9. The van der Waals surface area contributed by atoms with Crippen LogP contribution in [0.5, 0.6) is 0 Å². The minimum Gasteiger partial charge on any atom is -0.353 e. The van der Waals surface area contributed by atoms with Gasteiger partial charge in [-0.3, -0.25) is 19.2 Å². The number of amides is 4. The molecule has 0 bridgehead atoms. The molecule has 2 saturated heterocycles. The topological polar surface area (TPSA) is 149 Å². The first-order chi connectivity index (χ1) is 32.9. The predicted octanol–water partition coefficient (Wildman–Crippen LogP) is 7.25. The van der Waals surface area contributed by atoms with E-state index in [2.05, 4.69) is 58.5 Å². The number of rotatable bonds is 14. The highest BCUT2D eigenvalue weighted by Gasteiger charge is 2.31. The maximum Gasteiger partial charge on any atom is 0.416 e. The van der Waals surface area contributed by atoms with Gasteiger partial charge < -0.3 is 34.8 Å². The van der Waals surface area contributed by atoms with Crippen LogP contribution < -0.4 is 20.4 Å². The highest BCUT2D eigenvalue weighted by atomic mass is 79.9. The van der Waals surface area contributed by atoms with Crippen LogP contribution >= 0.6 is 15.9 Å². The minimum atomic E-state index is -4.43. The van der Waals surface area contributed by atoms with Crippen molar-refractivity contribution >= 4 is 51.2 Å². The zero-order chi connectivity index (χ0) is 47.9. The first kappa shape index (κ1) is 48.8. The van der Waals surface area contributed by atoms with Crippen LogP contribution in [0.15, 0.2) is 139 Å². The molecule has 0 saturated carbocycles. The third-order valence-electron chi connectivity index (χ3n) is 11.6. The van der Waals surface area contributed by atoms with Gasteiger partial charge in [-0.1, -0.05) is 42.5 Å². The van der Waals surface area contributed by atoms with Crippen LogP contribution in [0.25, 0.3) is 0 Å². The molecule has 354 valence electrons. The average Bonchev–Trinajstić information content (AvgIpc) is 3.90. The summed E-state index contributed by atoms with van der Waals surface area (Å²) in [6, 6.07) is 29.0. The number of halogens is 4. The summed E-state index contributed by atoms with van der Waals surface area (Å²) in [7, 11) is 0. The Hall–Kier alpha value is -7.08. The highest BCUT2D eigenvalue weighted by Crippen LogP contribution is 2.29. The molecule has 2 N–H and O–H groups in total. The van der Waals surface area contributed by atoms with Gasteiger partial charge >= 0.3 is 6.18 Å². The van der Waals surface area contributed by atoms with Crippen molar-refractivity contribution in [3.63, 3.8) is 0 Å². The molecule has 14 nitrogen and oxygen atoms in total. The Balaban J connectivity index is 0.000000203. The second kappa shape index (κ2) is 23.6. The molecule has 4 amide bonds. The largest absolute Gasteiger partial charge is 0.416 e. The van der Waals surface area contributed by atoms with E-state index in [1.807, 2.05) is 69.1 Å². The van der Waals surface area contributed by atoms with E-state index in [1.165, 1.54) is 17.7 Å². The molecule has 0 atom stereocenters. The summed E-state index contributed by atoms with van der Waals surface area (Å²) in [6.45, 7) is 6.53. The molecular formula is C50H52BrF3N10O4. The van der Waals surface area contributed by atoms with Crippen LogP contribution in [0.2, 0.25) is 0 Å². The van der Waals surface area contributed by atoms with Gasteiger partial charge in [-0.25, -0.2) is 15.0 Å². The van der Waals surface area contributed by atoms with E-state index >= 15 is 0 Å². The summed E-state index contributed by atoms with van der Waals surface area (Å²) in [5, 5.41) is 5.84. The smallest absolute Gasteiger partial charge is 0.353 e. The molecule has 2 aliphatic heterocycles. The molecule has 0 radical (unpaired) electrons. The van der Waals surface area contributed by atoms with E-state index in [0.717, 1.165) is 48.2 Å². The summed E-state index contributed by atoms with van der Waals surface area (Å²) < 4.78 is 41.0. The standard InChI is InChI=1S/C27H27F3N4O2.C23H25BrN6O2/c28-27(29,30)23-11-8-21(9-12-23)26(36)34-17-15-33(16-18-34)24-13-10-22(19-32-24)25(35)31-14-4-7-20-5-2-1-3-6-20;24-20-5-2-1-4-19(20)23(32)30-14-12-29(13-15-30)21-7-6-18(16-27-21)22(31)26-8-3-10-28-11-9-25-17-28/h1-3,5-6,8-13,19H,4,7,14-18H2,(H,31,35);1-2,4-7,9,11,16-17H,3,8,10,12-15H2,(H,26,31). The number of alkyl halides is 3. The molecule has 2 fully saturated rings. The van der Waals surface area contributed by atoms with Gasteiger partial charge in [0, 0.05) is 107 Å². The third kappa shape index (κ3) is 13.5. The predicted molar refractivity (Wildman–Crippen MR) is 257 cm³/mol. The fourth-order valence-corrected chi connectivity index (χ4v) is 8.16. The number of aromatic nitrogens is 4.